The van der Waals surface area contributed by atoms with Crippen LogP contribution >= 0.6 is 0 Å². The van der Waals surface area contributed by atoms with Crippen molar-refractivity contribution in [2.75, 3.05) is 11.9 Å². The lowest BCUT2D eigenvalue weighted by Crippen LogP contribution is -2.16. The Labute approximate surface area is 116 Å². The third-order valence-corrected chi connectivity index (χ3v) is 3.07. The Morgan fingerprint density at radius 3 is 2.60 bits per heavy atom. The SMILES string of the molecule is Cc1cccc(N(C)Cc2ccc([N+](=O)[O-])c(F)c2)c1. The number of aryl methyl sites for hydroxylation is 1. The first kappa shape index (κ1) is 14.0. The van der Waals surface area contributed by atoms with E-state index in [4.69, 9.17) is 0 Å². The number of nitro groups is 1. The molecule has 0 radical (unpaired) electrons. The molecule has 0 N–H and O–H groups in total. The Kier molecular flexibility index (Phi) is 3.98. The van der Waals surface area contributed by atoms with Gasteiger partial charge < -0.3 is 4.90 Å². The minimum Gasteiger partial charge on any atom is -0.370 e. The zero-order valence-corrected chi connectivity index (χ0v) is 11.3. The molecular weight excluding hydrogens is 259 g/mol. The van der Waals surface area contributed by atoms with Crippen molar-refractivity contribution in [3.8, 4) is 0 Å². The molecule has 2 rings (SSSR count). The third-order valence-electron chi connectivity index (χ3n) is 3.07. The summed E-state index contributed by atoms with van der Waals surface area (Å²) in [6.45, 7) is 2.49. The van der Waals surface area contributed by atoms with Crippen molar-refractivity contribution >= 4 is 11.4 Å². The molecule has 0 aliphatic rings. The molecule has 0 aliphatic heterocycles. The van der Waals surface area contributed by atoms with E-state index >= 15 is 0 Å². The Morgan fingerprint density at radius 1 is 1.25 bits per heavy atom. The number of benzene rings is 2. The van der Waals surface area contributed by atoms with Gasteiger partial charge in [-0.25, -0.2) is 0 Å². The quantitative estimate of drug-likeness (QED) is 0.631. The highest BCUT2D eigenvalue weighted by Crippen LogP contribution is 2.21. The standard InChI is InChI=1S/C15H15FN2O2/c1-11-4-3-5-13(8-11)17(2)10-12-6-7-15(18(19)20)14(16)9-12/h3-9H,10H2,1-2H3. The molecule has 0 aliphatic carbocycles. The number of nitrogens with zero attached hydrogens (tertiary/aromatic N) is 2. The van der Waals surface area contributed by atoms with E-state index in [0.29, 0.717) is 12.1 Å². The maximum atomic E-state index is 13.6. The lowest BCUT2D eigenvalue weighted by molar-refractivity contribution is -0.387. The summed E-state index contributed by atoms with van der Waals surface area (Å²) in [6.07, 6.45) is 0. The van der Waals surface area contributed by atoms with Crippen molar-refractivity contribution in [2.45, 2.75) is 13.5 Å². The van der Waals surface area contributed by atoms with Gasteiger partial charge in [0.2, 0.25) is 5.82 Å². The number of halogens is 1. The van der Waals surface area contributed by atoms with Gasteiger partial charge in [-0.1, -0.05) is 18.2 Å². The zero-order valence-electron chi connectivity index (χ0n) is 11.3. The Bertz CT molecular complexity index is 644. The normalized spacial score (nSPS) is 10.3. The molecule has 0 unspecified atom stereocenters. The second-order valence-electron chi connectivity index (χ2n) is 4.74. The maximum absolute atomic E-state index is 13.6. The molecular formula is C15H15FN2O2. The molecule has 0 amide bonds. The van der Waals surface area contributed by atoms with Gasteiger partial charge in [0.1, 0.15) is 0 Å². The van der Waals surface area contributed by atoms with E-state index < -0.39 is 16.4 Å². The lowest BCUT2D eigenvalue weighted by atomic mass is 10.1. The van der Waals surface area contributed by atoms with Crippen LogP contribution in [0.2, 0.25) is 0 Å². The Balaban J connectivity index is 2.18. The van der Waals surface area contributed by atoms with E-state index in [1.54, 1.807) is 6.07 Å². The summed E-state index contributed by atoms with van der Waals surface area (Å²) in [7, 11) is 1.90. The highest BCUT2D eigenvalue weighted by molar-refractivity contribution is 5.48. The fraction of sp³-hybridized carbons (Fsp3) is 0.200. The number of anilines is 1. The van der Waals surface area contributed by atoms with Gasteiger partial charge >= 0.3 is 5.69 Å². The molecule has 0 heterocycles. The number of nitro benzene ring substituents is 1. The predicted octanol–water partition coefficient (Wildman–Crippen LogP) is 3.68. The van der Waals surface area contributed by atoms with Gasteiger partial charge in [-0.3, -0.25) is 10.1 Å². The molecule has 2 aromatic rings. The van der Waals surface area contributed by atoms with Gasteiger partial charge in [-0.15, -0.1) is 0 Å². The molecule has 0 saturated heterocycles. The summed E-state index contributed by atoms with van der Waals surface area (Å²) in [4.78, 5) is 11.8. The van der Waals surface area contributed by atoms with E-state index in [1.165, 1.54) is 12.1 Å². The van der Waals surface area contributed by atoms with Crippen molar-refractivity contribution in [3.05, 3.63) is 69.5 Å². The summed E-state index contributed by atoms with van der Waals surface area (Å²) in [6, 6.07) is 11.9. The van der Waals surface area contributed by atoms with Crippen LogP contribution in [0.5, 0.6) is 0 Å². The summed E-state index contributed by atoms with van der Waals surface area (Å²) in [5, 5.41) is 10.6. The number of hydrogen-bond acceptors (Lipinski definition) is 3. The summed E-state index contributed by atoms with van der Waals surface area (Å²) < 4.78 is 13.6. The predicted molar refractivity (Wildman–Crippen MR) is 76.3 cm³/mol. The van der Waals surface area contributed by atoms with Crippen LogP contribution < -0.4 is 4.90 Å². The van der Waals surface area contributed by atoms with Gasteiger partial charge in [0.25, 0.3) is 0 Å². The minimum absolute atomic E-state index is 0.484. The lowest BCUT2D eigenvalue weighted by Gasteiger charge is -2.19. The van der Waals surface area contributed by atoms with Crippen molar-refractivity contribution < 1.29 is 9.31 Å². The second kappa shape index (κ2) is 5.69. The highest BCUT2D eigenvalue weighted by Gasteiger charge is 2.14. The van der Waals surface area contributed by atoms with E-state index in [9.17, 15) is 14.5 Å². The Hall–Kier alpha value is -2.43. The average Bonchev–Trinajstić information content (AvgIpc) is 2.38. The topological polar surface area (TPSA) is 46.4 Å². The van der Waals surface area contributed by atoms with E-state index in [1.807, 2.05) is 43.1 Å². The average molecular weight is 274 g/mol. The molecule has 5 heteroatoms. The first-order chi connectivity index (χ1) is 9.47. The van der Waals surface area contributed by atoms with Crippen LogP contribution in [0.15, 0.2) is 42.5 Å². The molecule has 0 bridgehead atoms. The third kappa shape index (κ3) is 3.12. The smallest absolute Gasteiger partial charge is 0.304 e. The van der Waals surface area contributed by atoms with Gasteiger partial charge in [0, 0.05) is 25.3 Å². The molecule has 0 aromatic heterocycles. The molecule has 0 spiro atoms. The van der Waals surface area contributed by atoms with Crippen LogP contribution in [0, 0.1) is 22.9 Å². The number of rotatable bonds is 4. The highest BCUT2D eigenvalue weighted by atomic mass is 19.1. The summed E-state index contributed by atoms with van der Waals surface area (Å²) in [5.74, 6) is -0.801. The second-order valence-corrected chi connectivity index (χ2v) is 4.74. The van der Waals surface area contributed by atoms with E-state index in [0.717, 1.165) is 11.3 Å². The molecule has 4 nitrogen and oxygen atoms in total. The fourth-order valence-corrected chi connectivity index (χ4v) is 2.03. The number of hydrogen-bond donors (Lipinski definition) is 0. The van der Waals surface area contributed by atoms with Crippen LogP contribution in [0.4, 0.5) is 15.8 Å². The van der Waals surface area contributed by atoms with Gasteiger partial charge in [-0.2, -0.15) is 4.39 Å². The van der Waals surface area contributed by atoms with Crippen molar-refractivity contribution in [3.63, 3.8) is 0 Å². The van der Waals surface area contributed by atoms with Crippen LogP contribution in [0.1, 0.15) is 11.1 Å². The maximum Gasteiger partial charge on any atom is 0.304 e. The van der Waals surface area contributed by atoms with E-state index in [-0.39, 0.29) is 0 Å². The molecule has 20 heavy (non-hydrogen) atoms. The zero-order chi connectivity index (χ0) is 14.7. The van der Waals surface area contributed by atoms with Crippen LogP contribution in [0.25, 0.3) is 0 Å². The van der Waals surface area contributed by atoms with E-state index in [2.05, 4.69) is 0 Å². The van der Waals surface area contributed by atoms with Gasteiger partial charge in [0.05, 0.1) is 4.92 Å². The van der Waals surface area contributed by atoms with Crippen molar-refractivity contribution in [2.24, 2.45) is 0 Å². The van der Waals surface area contributed by atoms with Crippen LogP contribution in [-0.2, 0) is 6.54 Å². The Morgan fingerprint density at radius 2 is 2.00 bits per heavy atom. The minimum atomic E-state index is -0.801. The molecule has 0 fully saturated rings. The monoisotopic (exact) mass is 274 g/mol. The van der Waals surface area contributed by atoms with Gasteiger partial charge in [-0.05, 0) is 36.2 Å². The van der Waals surface area contributed by atoms with Crippen molar-refractivity contribution in [1.82, 2.24) is 0 Å². The first-order valence-corrected chi connectivity index (χ1v) is 6.18. The van der Waals surface area contributed by atoms with Crippen molar-refractivity contribution in [1.29, 1.82) is 0 Å². The molecule has 0 saturated carbocycles. The summed E-state index contributed by atoms with van der Waals surface area (Å²) >= 11 is 0. The first-order valence-electron chi connectivity index (χ1n) is 6.18. The largest absolute Gasteiger partial charge is 0.370 e. The van der Waals surface area contributed by atoms with Crippen LogP contribution in [0.3, 0.4) is 0 Å². The molecule has 104 valence electrons. The molecule has 0 atom stereocenters. The molecule has 2 aromatic carbocycles. The summed E-state index contributed by atoms with van der Waals surface area (Å²) in [5.41, 5.74) is 2.36. The van der Waals surface area contributed by atoms with Crippen LogP contribution in [-0.4, -0.2) is 12.0 Å². The fourth-order valence-electron chi connectivity index (χ4n) is 2.03. The van der Waals surface area contributed by atoms with Gasteiger partial charge in [0.15, 0.2) is 0 Å².